The minimum Gasteiger partial charge on any atom is -0.388 e. The molecular weight excluding hydrogens is 148 g/mol. The number of H-pyrrole nitrogens is 1. The summed E-state index contributed by atoms with van der Waals surface area (Å²) in [5, 5.41) is 11.9. The van der Waals surface area contributed by atoms with E-state index in [-0.39, 0.29) is 5.88 Å². The van der Waals surface area contributed by atoms with Crippen molar-refractivity contribution in [3.8, 4) is 5.88 Å². The van der Waals surface area contributed by atoms with Crippen LogP contribution in [-0.2, 0) is 0 Å². The minimum absolute atomic E-state index is 0.198. The average Bonchev–Trinajstić information content (AvgIpc) is 2.37. The summed E-state index contributed by atoms with van der Waals surface area (Å²) in [5.74, 6) is 0.198. The van der Waals surface area contributed by atoms with Gasteiger partial charge in [0.25, 0.3) is 5.88 Å². The number of carbonyl (C=O) groups excluding carboxylic acids is 1. The van der Waals surface area contributed by atoms with Gasteiger partial charge in [0, 0.05) is 7.05 Å². The summed E-state index contributed by atoms with van der Waals surface area (Å²) in [5.41, 5.74) is 0.550. The van der Waals surface area contributed by atoms with E-state index >= 15 is 0 Å². The number of aromatic amines is 1. The number of nitrogens with one attached hydrogen (secondary N) is 2. The molecule has 11 heavy (non-hydrogen) atoms. The van der Waals surface area contributed by atoms with Crippen LogP contribution < -0.4 is 10.1 Å². The normalized spacial score (nSPS) is 9.27. The Hall–Kier alpha value is -1.59. The van der Waals surface area contributed by atoms with Crippen LogP contribution in [0.15, 0.2) is 0 Å². The first kappa shape index (κ1) is 7.52. The highest BCUT2D eigenvalue weighted by Gasteiger charge is 2.07. The average molecular weight is 156 g/mol. The number of aromatic nitrogens is 3. The SMILES string of the molecule is CNC(=O)Oc1n[nH]nc1C. The second-order valence-electron chi connectivity index (χ2n) is 1.85. The molecule has 0 spiro atoms. The lowest BCUT2D eigenvalue weighted by atomic mass is 10.5. The van der Waals surface area contributed by atoms with Crippen molar-refractivity contribution in [2.24, 2.45) is 0 Å². The van der Waals surface area contributed by atoms with E-state index in [4.69, 9.17) is 0 Å². The van der Waals surface area contributed by atoms with Gasteiger partial charge in [0.2, 0.25) is 0 Å². The lowest BCUT2D eigenvalue weighted by molar-refractivity contribution is 0.200. The molecule has 60 valence electrons. The summed E-state index contributed by atoms with van der Waals surface area (Å²) < 4.78 is 4.68. The molecule has 0 unspecified atom stereocenters. The van der Waals surface area contributed by atoms with Crippen molar-refractivity contribution in [1.29, 1.82) is 0 Å². The van der Waals surface area contributed by atoms with E-state index in [0.717, 1.165) is 0 Å². The maximum absolute atomic E-state index is 10.6. The van der Waals surface area contributed by atoms with Gasteiger partial charge in [-0.3, -0.25) is 0 Å². The first-order chi connectivity index (χ1) is 5.24. The van der Waals surface area contributed by atoms with Gasteiger partial charge in [0.15, 0.2) is 0 Å². The van der Waals surface area contributed by atoms with Gasteiger partial charge in [0.05, 0.1) is 0 Å². The fourth-order valence-electron chi connectivity index (χ4n) is 0.510. The number of rotatable bonds is 1. The maximum atomic E-state index is 10.6. The van der Waals surface area contributed by atoms with E-state index in [1.807, 2.05) is 0 Å². The van der Waals surface area contributed by atoms with E-state index in [0.29, 0.717) is 5.69 Å². The van der Waals surface area contributed by atoms with Gasteiger partial charge < -0.3 is 10.1 Å². The quantitative estimate of drug-likeness (QED) is 0.591. The molecule has 1 aromatic rings. The van der Waals surface area contributed by atoms with Gasteiger partial charge in [-0.2, -0.15) is 10.3 Å². The molecule has 0 radical (unpaired) electrons. The molecule has 0 fully saturated rings. The molecule has 0 saturated heterocycles. The molecule has 6 heteroatoms. The number of ether oxygens (including phenoxy) is 1. The highest BCUT2D eigenvalue weighted by molar-refractivity contribution is 5.69. The number of carbonyl (C=O) groups is 1. The Labute approximate surface area is 62.9 Å². The van der Waals surface area contributed by atoms with Crippen LogP contribution >= 0.6 is 0 Å². The van der Waals surface area contributed by atoms with E-state index < -0.39 is 6.09 Å². The van der Waals surface area contributed by atoms with Crippen LogP contribution in [0, 0.1) is 6.92 Å². The third-order valence-corrected chi connectivity index (χ3v) is 1.07. The molecule has 0 bridgehead atoms. The molecule has 1 aromatic heterocycles. The Kier molecular flexibility index (Phi) is 2.05. The van der Waals surface area contributed by atoms with Crippen molar-refractivity contribution in [1.82, 2.24) is 20.7 Å². The third-order valence-electron chi connectivity index (χ3n) is 1.07. The minimum atomic E-state index is -0.554. The third kappa shape index (κ3) is 1.66. The largest absolute Gasteiger partial charge is 0.413 e. The van der Waals surface area contributed by atoms with E-state index in [2.05, 4.69) is 25.5 Å². The molecule has 6 nitrogen and oxygen atoms in total. The molecule has 1 rings (SSSR count). The highest BCUT2D eigenvalue weighted by Crippen LogP contribution is 2.07. The Morgan fingerprint density at radius 1 is 1.64 bits per heavy atom. The Balaban J connectivity index is 2.64. The smallest absolute Gasteiger partial charge is 0.388 e. The first-order valence-electron chi connectivity index (χ1n) is 3.01. The summed E-state index contributed by atoms with van der Waals surface area (Å²) >= 11 is 0. The van der Waals surface area contributed by atoms with Gasteiger partial charge in [-0.25, -0.2) is 4.79 Å². The van der Waals surface area contributed by atoms with Crippen molar-refractivity contribution in [2.45, 2.75) is 6.92 Å². The number of aryl methyl sites for hydroxylation is 1. The standard InChI is InChI=1S/C5H8N4O2/c1-3-4(8-9-7-3)11-5(10)6-2/h1-2H3,(H,6,10)(H,7,8,9). The van der Waals surface area contributed by atoms with Crippen LogP contribution in [0.25, 0.3) is 0 Å². The van der Waals surface area contributed by atoms with Crippen molar-refractivity contribution in [3.63, 3.8) is 0 Å². The topological polar surface area (TPSA) is 79.9 Å². The van der Waals surface area contributed by atoms with Gasteiger partial charge in [0.1, 0.15) is 5.69 Å². The molecule has 0 aliphatic rings. The van der Waals surface area contributed by atoms with Gasteiger partial charge in [-0.15, -0.1) is 5.10 Å². The van der Waals surface area contributed by atoms with Crippen LogP contribution in [0.5, 0.6) is 5.88 Å². The molecule has 0 saturated carbocycles. The van der Waals surface area contributed by atoms with Gasteiger partial charge in [-0.05, 0) is 6.92 Å². The van der Waals surface area contributed by atoms with Gasteiger partial charge in [-0.1, -0.05) is 0 Å². The molecule has 2 N–H and O–H groups in total. The molecule has 0 aliphatic heterocycles. The molecule has 0 atom stereocenters. The zero-order valence-corrected chi connectivity index (χ0v) is 6.21. The summed E-state index contributed by atoms with van der Waals surface area (Å²) in [6, 6.07) is 0. The van der Waals surface area contributed by atoms with Gasteiger partial charge >= 0.3 is 6.09 Å². The highest BCUT2D eigenvalue weighted by atomic mass is 16.6. The lowest BCUT2D eigenvalue weighted by Crippen LogP contribution is -2.22. The van der Waals surface area contributed by atoms with Crippen LogP contribution in [-0.4, -0.2) is 28.6 Å². The summed E-state index contributed by atoms with van der Waals surface area (Å²) in [7, 11) is 1.47. The summed E-state index contributed by atoms with van der Waals surface area (Å²) in [6.07, 6.45) is -0.554. The van der Waals surface area contributed by atoms with Crippen LogP contribution in [0.1, 0.15) is 5.69 Å². The van der Waals surface area contributed by atoms with Crippen molar-refractivity contribution in [3.05, 3.63) is 5.69 Å². The van der Waals surface area contributed by atoms with Crippen molar-refractivity contribution in [2.75, 3.05) is 7.05 Å². The van der Waals surface area contributed by atoms with Crippen molar-refractivity contribution < 1.29 is 9.53 Å². The zero-order valence-electron chi connectivity index (χ0n) is 6.21. The summed E-state index contributed by atoms with van der Waals surface area (Å²) in [4.78, 5) is 10.6. The second kappa shape index (κ2) is 3.00. The van der Waals surface area contributed by atoms with Crippen LogP contribution in [0.2, 0.25) is 0 Å². The molecule has 1 heterocycles. The van der Waals surface area contributed by atoms with E-state index in [1.165, 1.54) is 7.05 Å². The molecule has 0 aliphatic carbocycles. The molecular formula is C5H8N4O2. The maximum Gasteiger partial charge on any atom is 0.413 e. The Morgan fingerprint density at radius 2 is 2.36 bits per heavy atom. The number of hydrogen-bond donors (Lipinski definition) is 2. The Morgan fingerprint density at radius 3 is 2.82 bits per heavy atom. The zero-order chi connectivity index (χ0) is 8.27. The molecule has 0 aromatic carbocycles. The van der Waals surface area contributed by atoms with E-state index in [9.17, 15) is 4.79 Å². The van der Waals surface area contributed by atoms with Crippen LogP contribution in [0.4, 0.5) is 4.79 Å². The fraction of sp³-hybridized carbons (Fsp3) is 0.400. The fourth-order valence-corrected chi connectivity index (χ4v) is 0.510. The Bertz CT molecular complexity index is 257. The lowest BCUT2D eigenvalue weighted by Gasteiger charge is -1.97. The van der Waals surface area contributed by atoms with E-state index in [1.54, 1.807) is 6.92 Å². The first-order valence-corrected chi connectivity index (χ1v) is 3.01. The second-order valence-corrected chi connectivity index (χ2v) is 1.85. The predicted molar refractivity (Wildman–Crippen MR) is 36.2 cm³/mol. The number of amides is 1. The predicted octanol–water partition coefficient (Wildman–Crippen LogP) is -0.169. The van der Waals surface area contributed by atoms with Crippen LogP contribution in [0.3, 0.4) is 0 Å². The number of hydrogen-bond acceptors (Lipinski definition) is 4. The summed E-state index contributed by atoms with van der Waals surface area (Å²) in [6.45, 7) is 1.68. The number of nitrogens with zero attached hydrogens (tertiary/aromatic N) is 2. The monoisotopic (exact) mass is 156 g/mol. The van der Waals surface area contributed by atoms with Crippen molar-refractivity contribution >= 4 is 6.09 Å². The molecule has 1 amide bonds.